The molecule has 0 aliphatic heterocycles. The molecule has 2 aromatic rings. The number of fused-ring (bicyclic) bond motifs is 1. The average Bonchev–Trinajstić information content (AvgIpc) is 2.59. The summed E-state index contributed by atoms with van der Waals surface area (Å²) in [5.41, 5.74) is 8.05. The number of rotatable bonds is 4. The first-order valence-electron chi connectivity index (χ1n) is 8.28. The summed E-state index contributed by atoms with van der Waals surface area (Å²) in [7, 11) is 0. The van der Waals surface area contributed by atoms with Gasteiger partial charge < -0.3 is 4.74 Å². The zero-order valence-corrected chi connectivity index (χ0v) is 14.1. The molecule has 0 fully saturated rings. The Labute approximate surface area is 142 Å². The molecule has 0 aromatic heterocycles. The Morgan fingerprint density at radius 2 is 1.83 bits per heavy atom. The number of amides is 1. The number of hydrogen-bond acceptors (Lipinski definition) is 3. The summed E-state index contributed by atoms with van der Waals surface area (Å²) in [5.74, 6) is 0.525. The van der Waals surface area contributed by atoms with E-state index in [1.807, 2.05) is 44.2 Å². The molecule has 3 rings (SSSR count). The van der Waals surface area contributed by atoms with E-state index in [1.165, 1.54) is 5.56 Å². The van der Waals surface area contributed by atoms with Crippen LogP contribution in [0.4, 0.5) is 0 Å². The number of nitrogens with one attached hydrogen (secondary N) is 1. The Hall–Kier alpha value is -2.62. The number of ether oxygens (including phenoxy) is 1. The zero-order valence-electron chi connectivity index (χ0n) is 14.1. The fraction of sp³-hybridized carbons (Fsp3) is 0.300. The molecular formula is C20H22N2O2. The number of carbonyl (C=O) groups excluding carboxylic acids is 1. The molecular weight excluding hydrogens is 300 g/mol. The van der Waals surface area contributed by atoms with Gasteiger partial charge in [0.05, 0.1) is 5.71 Å². The predicted octanol–water partition coefficient (Wildman–Crippen LogP) is 3.54. The highest BCUT2D eigenvalue weighted by Gasteiger charge is 2.15. The number of nitrogens with zero attached hydrogens (tertiary/aromatic N) is 1. The largest absolute Gasteiger partial charge is 0.483 e. The van der Waals surface area contributed by atoms with Gasteiger partial charge in [-0.15, -0.1) is 0 Å². The molecule has 2 aromatic carbocycles. The van der Waals surface area contributed by atoms with Crippen molar-refractivity contribution in [3.63, 3.8) is 0 Å². The Bertz CT molecular complexity index is 761. The lowest BCUT2D eigenvalue weighted by molar-refractivity contribution is -0.123. The van der Waals surface area contributed by atoms with Gasteiger partial charge in [-0.25, -0.2) is 5.43 Å². The smallest absolute Gasteiger partial charge is 0.277 e. The van der Waals surface area contributed by atoms with Crippen molar-refractivity contribution in [1.82, 2.24) is 5.43 Å². The molecule has 0 atom stereocenters. The molecule has 0 unspecified atom stereocenters. The molecule has 0 spiro atoms. The third-order valence-electron chi connectivity index (χ3n) is 4.26. The summed E-state index contributed by atoms with van der Waals surface area (Å²) in [6.45, 7) is 3.91. The monoisotopic (exact) mass is 322 g/mol. The number of carbonyl (C=O) groups is 1. The van der Waals surface area contributed by atoms with Crippen LogP contribution in [0.5, 0.6) is 5.75 Å². The molecule has 0 saturated carbocycles. The van der Waals surface area contributed by atoms with Gasteiger partial charge in [-0.3, -0.25) is 4.79 Å². The molecule has 4 heteroatoms. The molecule has 1 N–H and O–H groups in total. The molecule has 0 bridgehead atoms. The van der Waals surface area contributed by atoms with Crippen LogP contribution in [0, 0.1) is 13.8 Å². The fourth-order valence-electron chi connectivity index (χ4n) is 3.04. The van der Waals surface area contributed by atoms with Gasteiger partial charge >= 0.3 is 0 Å². The van der Waals surface area contributed by atoms with Gasteiger partial charge in [0.15, 0.2) is 6.61 Å². The van der Waals surface area contributed by atoms with Gasteiger partial charge in [0.2, 0.25) is 0 Å². The van der Waals surface area contributed by atoms with E-state index in [4.69, 9.17) is 4.74 Å². The van der Waals surface area contributed by atoms with Crippen LogP contribution in [0.2, 0.25) is 0 Å². The number of aryl methyl sites for hydroxylation is 3. The Balaban J connectivity index is 1.62. The quantitative estimate of drug-likeness (QED) is 0.875. The van der Waals surface area contributed by atoms with E-state index >= 15 is 0 Å². The number of hydrazone groups is 1. The summed E-state index contributed by atoms with van der Waals surface area (Å²) in [5, 5.41) is 4.32. The topological polar surface area (TPSA) is 50.7 Å². The third kappa shape index (κ3) is 3.65. The maximum Gasteiger partial charge on any atom is 0.277 e. The summed E-state index contributed by atoms with van der Waals surface area (Å²) in [6, 6.07) is 14.1. The highest BCUT2D eigenvalue weighted by atomic mass is 16.5. The van der Waals surface area contributed by atoms with E-state index in [1.54, 1.807) is 0 Å². The molecule has 0 heterocycles. The Kier molecular flexibility index (Phi) is 4.94. The second-order valence-electron chi connectivity index (χ2n) is 6.11. The second-order valence-corrected chi connectivity index (χ2v) is 6.11. The van der Waals surface area contributed by atoms with Crippen molar-refractivity contribution < 1.29 is 9.53 Å². The number of para-hydroxylation sites is 1. The van der Waals surface area contributed by atoms with E-state index in [0.29, 0.717) is 0 Å². The van der Waals surface area contributed by atoms with Gasteiger partial charge in [-0.2, -0.15) is 5.10 Å². The van der Waals surface area contributed by atoms with Crippen molar-refractivity contribution in [2.75, 3.05) is 6.61 Å². The van der Waals surface area contributed by atoms with Crippen molar-refractivity contribution in [3.8, 4) is 5.75 Å². The van der Waals surface area contributed by atoms with Crippen molar-refractivity contribution in [3.05, 3.63) is 64.7 Å². The zero-order chi connectivity index (χ0) is 16.9. The van der Waals surface area contributed by atoms with Crippen LogP contribution in [0.1, 0.15) is 35.1 Å². The highest BCUT2D eigenvalue weighted by Crippen LogP contribution is 2.22. The summed E-state index contributed by atoms with van der Waals surface area (Å²) >= 11 is 0. The lowest BCUT2D eigenvalue weighted by Gasteiger charge is -2.17. The van der Waals surface area contributed by atoms with Gasteiger partial charge in [0, 0.05) is 5.56 Å². The van der Waals surface area contributed by atoms with Crippen LogP contribution in [-0.4, -0.2) is 18.2 Å². The molecule has 24 heavy (non-hydrogen) atoms. The van der Waals surface area contributed by atoms with Gasteiger partial charge in [0.1, 0.15) is 5.75 Å². The summed E-state index contributed by atoms with van der Waals surface area (Å²) in [4.78, 5) is 12.1. The lowest BCUT2D eigenvalue weighted by Crippen LogP contribution is -2.27. The first-order chi connectivity index (χ1) is 11.6. The summed E-state index contributed by atoms with van der Waals surface area (Å²) < 4.78 is 5.66. The van der Waals surface area contributed by atoms with Crippen molar-refractivity contribution >= 4 is 11.6 Å². The first-order valence-corrected chi connectivity index (χ1v) is 8.28. The van der Waals surface area contributed by atoms with Crippen LogP contribution in [0.25, 0.3) is 0 Å². The van der Waals surface area contributed by atoms with E-state index in [0.717, 1.165) is 47.4 Å². The normalized spacial score (nSPS) is 15.0. The minimum atomic E-state index is -0.242. The predicted molar refractivity (Wildman–Crippen MR) is 95.5 cm³/mol. The Morgan fingerprint density at radius 3 is 2.62 bits per heavy atom. The van der Waals surface area contributed by atoms with Gasteiger partial charge in [-0.1, -0.05) is 42.5 Å². The van der Waals surface area contributed by atoms with Crippen LogP contribution in [0.3, 0.4) is 0 Å². The minimum Gasteiger partial charge on any atom is -0.483 e. The van der Waals surface area contributed by atoms with Crippen molar-refractivity contribution in [1.29, 1.82) is 0 Å². The Morgan fingerprint density at radius 1 is 1.08 bits per heavy atom. The fourth-order valence-corrected chi connectivity index (χ4v) is 3.04. The average molecular weight is 322 g/mol. The number of benzene rings is 2. The van der Waals surface area contributed by atoms with Crippen molar-refractivity contribution in [2.24, 2.45) is 5.10 Å². The molecule has 1 amide bonds. The number of hydrogen-bond donors (Lipinski definition) is 1. The van der Waals surface area contributed by atoms with E-state index < -0.39 is 0 Å². The SMILES string of the molecule is Cc1cccc(C)c1OCC(=O)NN=C1CCCc2ccccc21. The van der Waals surface area contributed by atoms with Gasteiger partial charge in [0.25, 0.3) is 5.91 Å². The summed E-state index contributed by atoms with van der Waals surface area (Å²) in [6.07, 6.45) is 3.01. The van der Waals surface area contributed by atoms with E-state index in [9.17, 15) is 4.79 Å². The molecule has 0 radical (unpaired) electrons. The lowest BCUT2D eigenvalue weighted by atomic mass is 9.90. The molecule has 4 nitrogen and oxygen atoms in total. The van der Waals surface area contributed by atoms with Gasteiger partial charge in [-0.05, 0) is 49.8 Å². The van der Waals surface area contributed by atoms with Crippen LogP contribution in [-0.2, 0) is 11.2 Å². The standard InChI is InChI=1S/C20H22N2O2/c1-14-7-5-8-15(2)20(14)24-13-19(23)22-21-18-12-6-10-16-9-3-4-11-17(16)18/h3-5,7-9,11H,6,10,12-13H2,1-2H3,(H,22,23). The highest BCUT2D eigenvalue weighted by molar-refractivity contribution is 6.03. The van der Waals surface area contributed by atoms with Crippen LogP contribution in [0.15, 0.2) is 47.6 Å². The molecule has 0 saturated heterocycles. The van der Waals surface area contributed by atoms with Crippen LogP contribution >= 0.6 is 0 Å². The molecule has 1 aliphatic carbocycles. The van der Waals surface area contributed by atoms with E-state index in [-0.39, 0.29) is 12.5 Å². The second kappa shape index (κ2) is 7.30. The maximum absolute atomic E-state index is 12.1. The maximum atomic E-state index is 12.1. The minimum absolute atomic E-state index is 0.0376. The van der Waals surface area contributed by atoms with Crippen LogP contribution < -0.4 is 10.2 Å². The molecule has 124 valence electrons. The van der Waals surface area contributed by atoms with Crippen molar-refractivity contribution in [2.45, 2.75) is 33.1 Å². The molecule has 1 aliphatic rings. The van der Waals surface area contributed by atoms with E-state index in [2.05, 4.69) is 22.7 Å². The first kappa shape index (κ1) is 16.2. The third-order valence-corrected chi connectivity index (χ3v) is 4.26.